The van der Waals surface area contributed by atoms with Crippen molar-refractivity contribution in [2.24, 2.45) is 0 Å². The molecule has 0 radical (unpaired) electrons. The van der Waals surface area contributed by atoms with Gasteiger partial charge in [-0.3, -0.25) is 4.90 Å². The zero-order valence-electron chi connectivity index (χ0n) is 11.9. The molecule has 1 saturated heterocycles. The van der Waals surface area contributed by atoms with Crippen LogP contribution in [0.4, 0.5) is 5.69 Å². The first-order valence-corrected chi connectivity index (χ1v) is 6.96. The van der Waals surface area contributed by atoms with E-state index in [1.54, 1.807) is 0 Å². The van der Waals surface area contributed by atoms with Crippen molar-refractivity contribution >= 4 is 5.69 Å². The molecule has 2 aliphatic rings. The highest BCUT2D eigenvalue weighted by Gasteiger charge is 2.54. The van der Waals surface area contributed by atoms with Gasteiger partial charge in [-0.2, -0.15) is 0 Å². The van der Waals surface area contributed by atoms with E-state index < -0.39 is 5.60 Å². The van der Waals surface area contributed by atoms with Gasteiger partial charge in [-0.05, 0) is 33.4 Å². The molecule has 0 bridgehead atoms. The molecule has 0 aliphatic carbocycles. The van der Waals surface area contributed by atoms with Crippen molar-refractivity contribution in [1.82, 2.24) is 4.90 Å². The number of para-hydroxylation sites is 1. The van der Waals surface area contributed by atoms with Crippen LogP contribution >= 0.6 is 0 Å². The predicted molar refractivity (Wildman–Crippen MR) is 78.2 cm³/mol. The lowest BCUT2D eigenvalue weighted by atomic mass is 9.93. The highest BCUT2D eigenvalue weighted by Crippen LogP contribution is 2.49. The Morgan fingerprint density at radius 3 is 2.89 bits per heavy atom. The Balaban J connectivity index is 2.05. The SMILES string of the molecule is CC(C)=CCN1c2ccccc2[C@@]2(O)CCN(C)[C@@H]12. The summed E-state index contributed by atoms with van der Waals surface area (Å²) < 4.78 is 0. The summed E-state index contributed by atoms with van der Waals surface area (Å²) in [5, 5.41) is 11.1. The van der Waals surface area contributed by atoms with Gasteiger partial charge < -0.3 is 10.0 Å². The highest BCUT2D eigenvalue weighted by atomic mass is 16.3. The minimum absolute atomic E-state index is 0.0699. The van der Waals surface area contributed by atoms with E-state index in [9.17, 15) is 5.11 Å². The minimum atomic E-state index is -0.708. The minimum Gasteiger partial charge on any atom is -0.381 e. The van der Waals surface area contributed by atoms with Crippen LogP contribution in [0, 0.1) is 0 Å². The third kappa shape index (κ3) is 1.80. The van der Waals surface area contributed by atoms with Crippen LogP contribution in [0.5, 0.6) is 0 Å². The summed E-state index contributed by atoms with van der Waals surface area (Å²) in [6.07, 6.45) is 3.12. The van der Waals surface area contributed by atoms with Crippen molar-refractivity contribution in [2.75, 3.05) is 25.0 Å². The first-order chi connectivity index (χ1) is 9.04. The van der Waals surface area contributed by atoms with Crippen molar-refractivity contribution in [3.8, 4) is 0 Å². The molecule has 0 unspecified atom stereocenters. The van der Waals surface area contributed by atoms with Gasteiger partial charge in [0.25, 0.3) is 0 Å². The van der Waals surface area contributed by atoms with Crippen LogP contribution < -0.4 is 4.90 Å². The number of aliphatic hydroxyl groups is 1. The van der Waals surface area contributed by atoms with E-state index in [2.05, 4.69) is 55.0 Å². The summed E-state index contributed by atoms with van der Waals surface area (Å²) in [4.78, 5) is 4.59. The van der Waals surface area contributed by atoms with Crippen LogP contribution in [0.2, 0.25) is 0 Å². The molecule has 0 amide bonds. The van der Waals surface area contributed by atoms with Crippen molar-refractivity contribution in [1.29, 1.82) is 0 Å². The van der Waals surface area contributed by atoms with Crippen molar-refractivity contribution in [3.05, 3.63) is 41.5 Å². The normalized spacial score (nSPS) is 29.3. The third-order valence-corrected chi connectivity index (χ3v) is 4.36. The second kappa shape index (κ2) is 4.36. The number of hydrogen-bond acceptors (Lipinski definition) is 3. The van der Waals surface area contributed by atoms with E-state index in [4.69, 9.17) is 0 Å². The van der Waals surface area contributed by atoms with Crippen LogP contribution in [0.25, 0.3) is 0 Å². The fraction of sp³-hybridized carbons (Fsp3) is 0.500. The molecule has 0 aromatic heterocycles. The lowest BCUT2D eigenvalue weighted by Gasteiger charge is -2.33. The molecule has 1 N–H and O–H groups in total. The van der Waals surface area contributed by atoms with Gasteiger partial charge in [0.1, 0.15) is 11.8 Å². The Labute approximate surface area is 115 Å². The van der Waals surface area contributed by atoms with E-state index in [0.717, 1.165) is 25.1 Å². The van der Waals surface area contributed by atoms with Gasteiger partial charge in [0.05, 0.1) is 0 Å². The maximum atomic E-state index is 11.1. The number of rotatable bonds is 2. The van der Waals surface area contributed by atoms with E-state index in [1.807, 2.05) is 6.07 Å². The Morgan fingerprint density at radius 2 is 2.16 bits per heavy atom. The van der Waals surface area contributed by atoms with Gasteiger partial charge in [0.15, 0.2) is 0 Å². The molecule has 2 aliphatic heterocycles. The molecule has 102 valence electrons. The summed E-state index contributed by atoms with van der Waals surface area (Å²) in [6, 6.07) is 8.28. The molecule has 3 rings (SSSR count). The molecule has 1 aromatic carbocycles. The van der Waals surface area contributed by atoms with E-state index in [-0.39, 0.29) is 6.17 Å². The molecule has 2 heterocycles. The molecular weight excluding hydrogens is 236 g/mol. The van der Waals surface area contributed by atoms with E-state index >= 15 is 0 Å². The quantitative estimate of drug-likeness (QED) is 0.825. The molecule has 2 atom stereocenters. The van der Waals surface area contributed by atoms with Gasteiger partial charge in [-0.15, -0.1) is 0 Å². The first kappa shape index (κ1) is 12.7. The van der Waals surface area contributed by atoms with E-state index in [1.165, 1.54) is 11.3 Å². The topological polar surface area (TPSA) is 26.7 Å². The standard InChI is InChI=1S/C16H22N2O/c1-12(2)8-10-18-14-7-5-4-6-13(14)16(19)9-11-17(3)15(16)18/h4-8,15,19H,9-11H2,1-3H3/t15-,16-/m0/s1. The number of anilines is 1. The Kier molecular flexibility index (Phi) is 2.91. The van der Waals surface area contributed by atoms with Crippen LogP contribution in [-0.4, -0.2) is 36.3 Å². The van der Waals surface area contributed by atoms with Crippen LogP contribution in [0.3, 0.4) is 0 Å². The molecule has 19 heavy (non-hydrogen) atoms. The Bertz CT molecular complexity index is 521. The van der Waals surface area contributed by atoms with Crippen LogP contribution in [0.15, 0.2) is 35.9 Å². The third-order valence-electron chi connectivity index (χ3n) is 4.36. The van der Waals surface area contributed by atoms with Gasteiger partial charge in [0, 0.05) is 24.3 Å². The number of benzene rings is 1. The molecule has 1 aromatic rings. The number of fused-ring (bicyclic) bond motifs is 3. The van der Waals surface area contributed by atoms with Crippen molar-refractivity contribution in [3.63, 3.8) is 0 Å². The molecule has 0 saturated carbocycles. The van der Waals surface area contributed by atoms with Gasteiger partial charge >= 0.3 is 0 Å². The predicted octanol–water partition coefficient (Wildman–Crippen LogP) is 2.32. The van der Waals surface area contributed by atoms with Gasteiger partial charge in [-0.1, -0.05) is 29.8 Å². The van der Waals surface area contributed by atoms with E-state index in [0.29, 0.717) is 0 Å². The highest BCUT2D eigenvalue weighted by molar-refractivity contribution is 5.64. The number of likely N-dealkylation sites (tertiary alicyclic amines) is 1. The second-order valence-corrected chi connectivity index (χ2v) is 5.98. The maximum absolute atomic E-state index is 11.1. The fourth-order valence-electron chi connectivity index (χ4n) is 3.43. The Morgan fingerprint density at radius 1 is 1.42 bits per heavy atom. The summed E-state index contributed by atoms with van der Waals surface area (Å²) in [6.45, 7) is 6.04. The molecule has 1 fully saturated rings. The van der Waals surface area contributed by atoms with Gasteiger partial charge in [0.2, 0.25) is 0 Å². The summed E-state index contributed by atoms with van der Waals surface area (Å²) in [5.41, 5.74) is 2.88. The van der Waals surface area contributed by atoms with Crippen molar-refractivity contribution in [2.45, 2.75) is 32.0 Å². The Hall–Kier alpha value is -1.32. The van der Waals surface area contributed by atoms with Crippen LogP contribution in [-0.2, 0) is 5.60 Å². The van der Waals surface area contributed by atoms with Crippen molar-refractivity contribution < 1.29 is 5.11 Å². The monoisotopic (exact) mass is 258 g/mol. The molecule has 3 nitrogen and oxygen atoms in total. The average molecular weight is 258 g/mol. The second-order valence-electron chi connectivity index (χ2n) is 5.98. The first-order valence-electron chi connectivity index (χ1n) is 6.96. The summed E-state index contributed by atoms with van der Waals surface area (Å²) in [5.74, 6) is 0. The maximum Gasteiger partial charge on any atom is 0.127 e. The lowest BCUT2D eigenvalue weighted by Crippen LogP contribution is -2.48. The number of allylic oxidation sites excluding steroid dienone is 1. The van der Waals surface area contributed by atoms with Crippen LogP contribution in [0.1, 0.15) is 25.8 Å². The molecular formula is C16H22N2O. The number of likely N-dealkylation sites (N-methyl/N-ethyl adjacent to an activating group) is 1. The molecule has 0 spiro atoms. The average Bonchev–Trinajstić information content (AvgIpc) is 2.81. The van der Waals surface area contributed by atoms with Gasteiger partial charge in [-0.25, -0.2) is 0 Å². The number of nitrogens with zero attached hydrogens (tertiary/aromatic N) is 2. The number of hydrogen-bond donors (Lipinski definition) is 1. The zero-order valence-corrected chi connectivity index (χ0v) is 11.9. The largest absolute Gasteiger partial charge is 0.381 e. The smallest absolute Gasteiger partial charge is 0.127 e. The summed E-state index contributed by atoms with van der Waals surface area (Å²) >= 11 is 0. The fourth-order valence-corrected chi connectivity index (χ4v) is 3.43. The lowest BCUT2D eigenvalue weighted by molar-refractivity contribution is 0.0153. The summed E-state index contributed by atoms with van der Waals surface area (Å²) in [7, 11) is 2.10. The molecule has 3 heteroatoms. The zero-order chi connectivity index (χ0) is 13.6.